The third-order valence-corrected chi connectivity index (χ3v) is 5.85. The summed E-state index contributed by atoms with van der Waals surface area (Å²) >= 11 is 0. The van der Waals surface area contributed by atoms with E-state index in [1.807, 2.05) is 0 Å². The summed E-state index contributed by atoms with van der Waals surface area (Å²) in [6.45, 7) is 4.29. The predicted octanol–water partition coefficient (Wildman–Crippen LogP) is 5.96. The molecule has 0 aliphatic heterocycles. The summed E-state index contributed by atoms with van der Waals surface area (Å²) in [5.74, 6) is 1.94. The maximum Gasteiger partial charge on any atom is 0.121 e. The summed E-state index contributed by atoms with van der Waals surface area (Å²) in [7, 11) is 3.49. The summed E-state index contributed by atoms with van der Waals surface area (Å²) < 4.78 is 11.0. The Bertz CT molecular complexity index is 669. The van der Waals surface area contributed by atoms with Crippen LogP contribution in [0, 0.1) is 13.8 Å². The van der Waals surface area contributed by atoms with E-state index >= 15 is 0 Å². The zero-order chi connectivity index (χ0) is 17.9. The Morgan fingerprint density at radius 2 is 1.12 bits per heavy atom. The van der Waals surface area contributed by atoms with E-state index in [-0.39, 0.29) is 5.41 Å². The number of ether oxygens (including phenoxy) is 2. The first-order valence-electron chi connectivity index (χ1n) is 9.41. The lowest BCUT2D eigenvalue weighted by Crippen LogP contribution is -2.27. The van der Waals surface area contributed by atoms with Crippen LogP contribution in [0.4, 0.5) is 0 Å². The van der Waals surface area contributed by atoms with Gasteiger partial charge in [0, 0.05) is 5.41 Å². The van der Waals surface area contributed by atoms with E-state index < -0.39 is 0 Å². The number of hydrogen-bond acceptors (Lipinski definition) is 2. The molecule has 2 heteroatoms. The van der Waals surface area contributed by atoms with Crippen molar-refractivity contribution >= 4 is 0 Å². The number of hydrogen-bond donors (Lipinski definition) is 0. The molecule has 2 aromatic carbocycles. The van der Waals surface area contributed by atoms with E-state index in [9.17, 15) is 0 Å². The Kier molecular flexibility index (Phi) is 5.36. The maximum absolute atomic E-state index is 5.48. The molecule has 0 bridgehead atoms. The third kappa shape index (κ3) is 3.40. The topological polar surface area (TPSA) is 18.5 Å². The number of rotatable bonds is 4. The second-order valence-corrected chi connectivity index (χ2v) is 7.37. The van der Waals surface area contributed by atoms with Gasteiger partial charge in [0.25, 0.3) is 0 Å². The lowest BCUT2D eigenvalue weighted by atomic mass is 9.68. The average molecular weight is 338 g/mol. The van der Waals surface area contributed by atoms with Crippen LogP contribution in [-0.2, 0) is 5.41 Å². The van der Waals surface area contributed by atoms with Gasteiger partial charge in [-0.05, 0) is 61.1 Å². The van der Waals surface area contributed by atoms with Crippen molar-refractivity contribution in [2.24, 2.45) is 0 Å². The molecule has 1 aliphatic carbocycles. The van der Waals surface area contributed by atoms with Gasteiger partial charge in [-0.2, -0.15) is 0 Å². The fraction of sp³-hybridized carbons (Fsp3) is 0.478. The molecule has 1 aliphatic rings. The molecule has 25 heavy (non-hydrogen) atoms. The minimum atomic E-state index is 0.102. The van der Waals surface area contributed by atoms with Crippen LogP contribution in [0.3, 0.4) is 0 Å². The van der Waals surface area contributed by atoms with Crippen molar-refractivity contribution in [3.05, 3.63) is 58.7 Å². The zero-order valence-corrected chi connectivity index (χ0v) is 16.0. The Balaban J connectivity index is 2.13. The minimum Gasteiger partial charge on any atom is -0.496 e. The van der Waals surface area contributed by atoms with Crippen LogP contribution in [0.25, 0.3) is 0 Å². The summed E-state index contributed by atoms with van der Waals surface area (Å²) in [4.78, 5) is 0. The lowest BCUT2D eigenvalue weighted by Gasteiger charge is -2.35. The van der Waals surface area contributed by atoms with Gasteiger partial charge in [-0.25, -0.2) is 0 Å². The van der Waals surface area contributed by atoms with E-state index in [0.717, 1.165) is 11.5 Å². The molecule has 2 aromatic rings. The van der Waals surface area contributed by atoms with Crippen LogP contribution in [0.15, 0.2) is 36.4 Å². The standard InChI is InChI=1S/C23H30O2/c1-17-15-19(9-11-21(17)24-3)23(13-7-5-6-8-14-23)20-10-12-22(25-4)18(2)16-20/h9-12,15-16H,5-8,13-14H2,1-4H3. The monoisotopic (exact) mass is 338 g/mol. The van der Waals surface area contributed by atoms with Crippen molar-refractivity contribution in [1.29, 1.82) is 0 Å². The Hall–Kier alpha value is -1.96. The van der Waals surface area contributed by atoms with Gasteiger partial charge in [0.05, 0.1) is 14.2 Å². The average Bonchev–Trinajstić information content (AvgIpc) is 2.88. The van der Waals surface area contributed by atoms with Gasteiger partial charge in [-0.3, -0.25) is 0 Å². The minimum absolute atomic E-state index is 0.102. The van der Waals surface area contributed by atoms with Gasteiger partial charge in [-0.1, -0.05) is 49.9 Å². The predicted molar refractivity (Wildman–Crippen MR) is 104 cm³/mol. The smallest absolute Gasteiger partial charge is 0.121 e. The van der Waals surface area contributed by atoms with Gasteiger partial charge < -0.3 is 9.47 Å². The first kappa shape index (κ1) is 17.8. The van der Waals surface area contributed by atoms with E-state index in [1.54, 1.807) is 14.2 Å². The SMILES string of the molecule is COc1ccc(C2(c3ccc(OC)c(C)c3)CCCCCC2)cc1C. The molecule has 1 fully saturated rings. The number of benzene rings is 2. The molecule has 0 unspecified atom stereocenters. The Morgan fingerprint density at radius 3 is 1.48 bits per heavy atom. The molecule has 0 spiro atoms. The van der Waals surface area contributed by atoms with Gasteiger partial charge >= 0.3 is 0 Å². The molecule has 0 atom stereocenters. The van der Waals surface area contributed by atoms with Crippen molar-refractivity contribution in [2.75, 3.05) is 14.2 Å². The molecule has 3 rings (SSSR count). The zero-order valence-electron chi connectivity index (χ0n) is 16.0. The van der Waals surface area contributed by atoms with E-state index in [0.29, 0.717) is 0 Å². The van der Waals surface area contributed by atoms with Crippen LogP contribution in [0.5, 0.6) is 11.5 Å². The van der Waals surface area contributed by atoms with Crippen molar-refractivity contribution in [3.63, 3.8) is 0 Å². The molecular formula is C23H30O2. The molecule has 0 radical (unpaired) electrons. The fourth-order valence-corrected chi connectivity index (χ4v) is 4.43. The van der Waals surface area contributed by atoms with Crippen LogP contribution in [-0.4, -0.2) is 14.2 Å². The number of methoxy groups -OCH3 is 2. The van der Waals surface area contributed by atoms with E-state index in [2.05, 4.69) is 50.2 Å². The van der Waals surface area contributed by atoms with Crippen LogP contribution >= 0.6 is 0 Å². The highest BCUT2D eigenvalue weighted by atomic mass is 16.5. The molecule has 0 heterocycles. The molecule has 0 aromatic heterocycles. The Morgan fingerprint density at radius 1 is 0.680 bits per heavy atom. The molecule has 134 valence electrons. The van der Waals surface area contributed by atoms with Crippen LogP contribution in [0.2, 0.25) is 0 Å². The second-order valence-electron chi connectivity index (χ2n) is 7.37. The first-order chi connectivity index (χ1) is 12.1. The maximum atomic E-state index is 5.48. The van der Waals surface area contributed by atoms with E-state index in [4.69, 9.17) is 9.47 Å². The first-order valence-corrected chi connectivity index (χ1v) is 9.41. The van der Waals surface area contributed by atoms with Gasteiger partial charge in [-0.15, -0.1) is 0 Å². The normalized spacial score (nSPS) is 17.0. The molecular weight excluding hydrogens is 308 g/mol. The van der Waals surface area contributed by atoms with Crippen molar-refractivity contribution < 1.29 is 9.47 Å². The summed E-state index contributed by atoms with van der Waals surface area (Å²) in [6, 6.07) is 13.5. The second kappa shape index (κ2) is 7.51. The highest BCUT2D eigenvalue weighted by Gasteiger charge is 2.35. The fourth-order valence-electron chi connectivity index (χ4n) is 4.43. The van der Waals surface area contributed by atoms with Gasteiger partial charge in [0.2, 0.25) is 0 Å². The van der Waals surface area contributed by atoms with Crippen LogP contribution < -0.4 is 9.47 Å². The van der Waals surface area contributed by atoms with Crippen LogP contribution in [0.1, 0.15) is 60.8 Å². The summed E-state index contributed by atoms with van der Waals surface area (Å²) in [6.07, 6.45) is 7.68. The van der Waals surface area contributed by atoms with Crippen molar-refractivity contribution in [1.82, 2.24) is 0 Å². The summed E-state index contributed by atoms with van der Waals surface area (Å²) in [5, 5.41) is 0. The van der Waals surface area contributed by atoms with Crippen molar-refractivity contribution in [2.45, 2.75) is 57.8 Å². The molecule has 0 N–H and O–H groups in total. The lowest BCUT2D eigenvalue weighted by molar-refractivity contribution is 0.406. The third-order valence-electron chi connectivity index (χ3n) is 5.85. The quantitative estimate of drug-likeness (QED) is 0.640. The molecule has 2 nitrogen and oxygen atoms in total. The Labute approximate surface area is 152 Å². The molecule has 1 saturated carbocycles. The van der Waals surface area contributed by atoms with Gasteiger partial charge in [0.15, 0.2) is 0 Å². The highest BCUT2D eigenvalue weighted by molar-refractivity contribution is 5.48. The summed E-state index contributed by atoms with van der Waals surface area (Å²) in [5.41, 5.74) is 5.39. The largest absolute Gasteiger partial charge is 0.496 e. The highest BCUT2D eigenvalue weighted by Crippen LogP contribution is 2.45. The van der Waals surface area contributed by atoms with E-state index in [1.165, 1.54) is 60.8 Å². The van der Waals surface area contributed by atoms with Gasteiger partial charge in [0.1, 0.15) is 11.5 Å². The molecule has 0 saturated heterocycles. The molecule has 0 amide bonds. The number of aryl methyl sites for hydroxylation is 2. The van der Waals surface area contributed by atoms with Crippen molar-refractivity contribution in [3.8, 4) is 11.5 Å².